The summed E-state index contributed by atoms with van der Waals surface area (Å²) in [5.74, 6) is 1.22. The molecule has 3 aliphatic heterocycles. The zero-order valence-corrected chi connectivity index (χ0v) is 21.8. The lowest BCUT2D eigenvalue weighted by Gasteiger charge is -2.41. The van der Waals surface area contributed by atoms with E-state index >= 15 is 0 Å². The van der Waals surface area contributed by atoms with E-state index in [1.165, 1.54) is 0 Å². The summed E-state index contributed by atoms with van der Waals surface area (Å²) in [6.45, 7) is 12.8. The number of hydrogen-bond acceptors (Lipinski definition) is 7. The van der Waals surface area contributed by atoms with Gasteiger partial charge in [0.2, 0.25) is 5.91 Å². The molecule has 4 rings (SSSR count). The smallest absolute Gasteiger partial charge is 0.312 e. The van der Waals surface area contributed by atoms with Crippen LogP contribution in [-0.4, -0.2) is 71.4 Å². The van der Waals surface area contributed by atoms with E-state index in [2.05, 4.69) is 27.0 Å². The minimum atomic E-state index is -0.730. The van der Waals surface area contributed by atoms with E-state index in [4.69, 9.17) is 4.74 Å². The summed E-state index contributed by atoms with van der Waals surface area (Å²) in [4.78, 5) is 34.4. The first-order valence-electron chi connectivity index (χ1n) is 13.2. The van der Waals surface area contributed by atoms with E-state index in [1.807, 2.05) is 39.1 Å². The van der Waals surface area contributed by atoms with E-state index in [0.29, 0.717) is 18.8 Å². The predicted octanol–water partition coefficient (Wildman–Crippen LogP) is 3.05. The first-order valence-corrected chi connectivity index (χ1v) is 13.2. The molecule has 0 spiro atoms. The van der Waals surface area contributed by atoms with Gasteiger partial charge in [-0.15, -0.1) is 0 Å². The van der Waals surface area contributed by atoms with Crippen molar-refractivity contribution in [1.82, 2.24) is 15.2 Å². The number of piperidine rings is 3. The maximum absolute atomic E-state index is 12.7. The van der Waals surface area contributed by atoms with Crippen molar-refractivity contribution in [3.8, 4) is 0 Å². The van der Waals surface area contributed by atoms with Crippen LogP contribution in [-0.2, 0) is 14.3 Å². The summed E-state index contributed by atoms with van der Waals surface area (Å²) >= 11 is 0. The Morgan fingerprint density at radius 1 is 1.14 bits per heavy atom. The molecule has 1 aromatic rings. The van der Waals surface area contributed by atoms with Gasteiger partial charge in [-0.05, 0) is 96.9 Å². The van der Waals surface area contributed by atoms with E-state index in [9.17, 15) is 14.7 Å². The third kappa shape index (κ3) is 6.53. The molecule has 0 saturated carbocycles. The molecule has 0 aliphatic carbocycles. The van der Waals surface area contributed by atoms with Gasteiger partial charge in [0.15, 0.2) is 0 Å². The van der Waals surface area contributed by atoms with Gasteiger partial charge < -0.3 is 25.0 Å². The van der Waals surface area contributed by atoms with Gasteiger partial charge in [0.25, 0.3) is 0 Å². The number of hydrogen-bond donors (Lipinski definition) is 2. The van der Waals surface area contributed by atoms with Gasteiger partial charge in [-0.25, -0.2) is 4.98 Å². The SMILES string of the molecule is CC(C)(C)OC(=O)C1(C)CCN(CC2CCN(c3ccc(C4CCC(O)NC4=O)cn3)CC2)CC1. The number of ether oxygens (including phenoxy) is 1. The second-order valence-electron chi connectivity index (χ2n) is 11.9. The molecule has 0 radical (unpaired) electrons. The Bertz CT molecular complexity index is 881. The zero-order chi connectivity index (χ0) is 25.2. The molecule has 2 unspecified atom stereocenters. The average Bonchev–Trinajstić information content (AvgIpc) is 2.80. The highest BCUT2D eigenvalue weighted by Gasteiger charge is 2.40. The third-order valence-corrected chi connectivity index (χ3v) is 7.83. The molecule has 1 amide bonds. The van der Waals surface area contributed by atoms with Gasteiger partial charge in [0, 0.05) is 25.8 Å². The minimum absolute atomic E-state index is 0.0572. The van der Waals surface area contributed by atoms with Crippen LogP contribution in [0, 0.1) is 11.3 Å². The van der Waals surface area contributed by atoms with Crippen LogP contribution in [0.3, 0.4) is 0 Å². The number of carbonyl (C=O) groups excluding carboxylic acids is 2. The number of nitrogens with one attached hydrogen (secondary N) is 1. The normalized spacial score (nSPS) is 26.3. The van der Waals surface area contributed by atoms with E-state index in [0.717, 1.165) is 69.8 Å². The predicted molar refractivity (Wildman–Crippen MR) is 135 cm³/mol. The number of aromatic nitrogens is 1. The average molecular weight is 487 g/mol. The Hall–Kier alpha value is -2.19. The molecule has 3 fully saturated rings. The molecule has 3 aliphatic rings. The standard InChI is InChI=1S/C27H42N4O4/c1-26(2,3)35-25(34)27(4)11-15-30(16-12-27)18-19-9-13-31(14-10-19)22-7-5-20(17-28-22)21-6-8-23(32)29-24(21)33/h5,7,17,19,21,23,32H,6,8-16,18H2,1-4H3,(H,29,33). The zero-order valence-electron chi connectivity index (χ0n) is 21.8. The summed E-state index contributed by atoms with van der Waals surface area (Å²) in [5.41, 5.74) is 0.105. The maximum Gasteiger partial charge on any atom is 0.312 e. The van der Waals surface area contributed by atoms with Crippen molar-refractivity contribution >= 4 is 17.7 Å². The number of aliphatic hydroxyl groups is 1. The molecular formula is C27H42N4O4. The monoisotopic (exact) mass is 486 g/mol. The molecule has 194 valence electrons. The first kappa shape index (κ1) is 25.9. The van der Waals surface area contributed by atoms with Crippen molar-refractivity contribution in [2.24, 2.45) is 11.3 Å². The Kier molecular flexibility index (Phi) is 7.71. The summed E-state index contributed by atoms with van der Waals surface area (Å²) in [6, 6.07) is 4.03. The molecule has 0 bridgehead atoms. The first-order chi connectivity index (χ1) is 16.5. The summed E-state index contributed by atoms with van der Waals surface area (Å²) in [6.07, 6.45) is 6.28. The second kappa shape index (κ2) is 10.4. The summed E-state index contributed by atoms with van der Waals surface area (Å²) < 4.78 is 5.67. The molecule has 8 heteroatoms. The topological polar surface area (TPSA) is 95.0 Å². The van der Waals surface area contributed by atoms with Gasteiger partial charge in [0.1, 0.15) is 17.6 Å². The van der Waals surface area contributed by atoms with Crippen molar-refractivity contribution in [3.05, 3.63) is 23.9 Å². The fourth-order valence-electron chi connectivity index (χ4n) is 5.45. The van der Waals surface area contributed by atoms with Crippen LogP contribution < -0.4 is 10.2 Å². The fraction of sp³-hybridized carbons (Fsp3) is 0.741. The number of anilines is 1. The number of rotatable bonds is 5. The number of pyridine rings is 1. The lowest BCUT2D eigenvalue weighted by atomic mass is 9.80. The summed E-state index contributed by atoms with van der Waals surface area (Å²) in [7, 11) is 0. The molecule has 0 aromatic carbocycles. The number of nitrogens with zero attached hydrogens (tertiary/aromatic N) is 3. The van der Waals surface area contributed by atoms with Crippen molar-refractivity contribution in [2.45, 2.75) is 84.0 Å². The number of carbonyl (C=O) groups is 2. The Morgan fingerprint density at radius 3 is 2.40 bits per heavy atom. The van der Waals surface area contributed by atoms with Crippen LogP contribution in [0.4, 0.5) is 5.82 Å². The van der Waals surface area contributed by atoms with Crippen LogP contribution >= 0.6 is 0 Å². The highest BCUT2D eigenvalue weighted by Crippen LogP contribution is 2.35. The Morgan fingerprint density at radius 2 is 1.83 bits per heavy atom. The molecular weight excluding hydrogens is 444 g/mol. The van der Waals surface area contributed by atoms with Gasteiger partial charge in [-0.1, -0.05) is 6.07 Å². The molecule has 35 heavy (non-hydrogen) atoms. The van der Waals surface area contributed by atoms with Crippen molar-refractivity contribution in [2.75, 3.05) is 37.6 Å². The highest BCUT2D eigenvalue weighted by atomic mass is 16.6. The van der Waals surface area contributed by atoms with Crippen LogP contribution in [0.5, 0.6) is 0 Å². The second-order valence-corrected chi connectivity index (χ2v) is 11.9. The lowest BCUT2D eigenvalue weighted by Crippen LogP contribution is -2.47. The number of aliphatic hydroxyl groups excluding tert-OH is 1. The molecule has 4 heterocycles. The van der Waals surface area contributed by atoms with Crippen LogP contribution in [0.1, 0.15) is 77.7 Å². The Labute approximate surface area is 209 Å². The number of esters is 1. The summed E-state index contributed by atoms with van der Waals surface area (Å²) in [5, 5.41) is 12.2. The van der Waals surface area contributed by atoms with E-state index in [-0.39, 0.29) is 23.2 Å². The fourth-order valence-corrected chi connectivity index (χ4v) is 5.45. The largest absolute Gasteiger partial charge is 0.460 e. The van der Waals surface area contributed by atoms with E-state index in [1.54, 1.807) is 0 Å². The van der Waals surface area contributed by atoms with Crippen LogP contribution in [0.25, 0.3) is 0 Å². The molecule has 8 nitrogen and oxygen atoms in total. The van der Waals surface area contributed by atoms with Crippen molar-refractivity contribution in [3.63, 3.8) is 0 Å². The highest BCUT2D eigenvalue weighted by molar-refractivity contribution is 5.84. The van der Waals surface area contributed by atoms with Gasteiger partial charge in [-0.3, -0.25) is 9.59 Å². The minimum Gasteiger partial charge on any atom is -0.460 e. The number of likely N-dealkylation sites (tertiary alicyclic amines) is 1. The number of amides is 1. The Balaban J connectivity index is 1.22. The van der Waals surface area contributed by atoms with Gasteiger partial charge in [0.05, 0.1) is 11.3 Å². The maximum atomic E-state index is 12.7. The molecule has 2 atom stereocenters. The molecule has 1 aromatic heterocycles. The lowest BCUT2D eigenvalue weighted by molar-refractivity contribution is -0.169. The third-order valence-electron chi connectivity index (χ3n) is 7.83. The molecule has 3 saturated heterocycles. The molecule has 2 N–H and O–H groups in total. The van der Waals surface area contributed by atoms with E-state index < -0.39 is 11.8 Å². The van der Waals surface area contributed by atoms with Crippen LogP contribution in [0.15, 0.2) is 18.3 Å². The van der Waals surface area contributed by atoms with Gasteiger partial charge >= 0.3 is 5.97 Å². The van der Waals surface area contributed by atoms with Crippen LogP contribution in [0.2, 0.25) is 0 Å². The quantitative estimate of drug-likeness (QED) is 0.618. The van der Waals surface area contributed by atoms with Gasteiger partial charge in [-0.2, -0.15) is 0 Å². The van der Waals surface area contributed by atoms with Crippen molar-refractivity contribution < 1.29 is 19.4 Å². The van der Waals surface area contributed by atoms with Crippen molar-refractivity contribution in [1.29, 1.82) is 0 Å².